The Balaban J connectivity index is 3.18. The molecule has 0 heterocycles. The van der Waals surface area contributed by atoms with Crippen molar-refractivity contribution in [3.8, 4) is 5.75 Å². The lowest BCUT2D eigenvalue weighted by atomic mass is 9.83. The van der Waals surface area contributed by atoms with Gasteiger partial charge < -0.3 is 9.53 Å². The van der Waals surface area contributed by atoms with Crippen molar-refractivity contribution in [2.24, 2.45) is 0 Å². The number of methoxy groups -OCH3 is 1. The van der Waals surface area contributed by atoms with Gasteiger partial charge in [-0.15, -0.1) is 0 Å². The van der Waals surface area contributed by atoms with Gasteiger partial charge in [-0.05, 0) is 44.0 Å². The first-order valence-corrected chi connectivity index (χ1v) is 4.62. The predicted molar refractivity (Wildman–Crippen MR) is 56.8 cm³/mol. The highest BCUT2D eigenvalue weighted by atomic mass is 16.5. The summed E-state index contributed by atoms with van der Waals surface area (Å²) in [5.41, 5.74) is 1.71. The van der Waals surface area contributed by atoms with Gasteiger partial charge in [-0.1, -0.05) is 6.07 Å². The van der Waals surface area contributed by atoms with Crippen LogP contribution >= 0.6 is 0 Å². The highest BCUT2D eigenvalue weighted by Gasteiger charge is 2.21. The van der Waals surface area contributed by atoms with Crippen molar-refractivity contribution in [3.05, 3.63) is 29.3 Å². The van der Waals surface area contributed by atoms with Crippen LogP contribution < -0.4 is 4.74 Å². The zero-order valence-electron chi connectivity index (χ0n) is 9.13. The first-order valence-electron chi connectivity index (χ1n) is 4.62. The van der Waals surface area contributed by atoms with Crippen LogP contribution in [0.3, 0.4) is 0 Å². The first kappa shape index (κ1) is 10.8. The molecule has 2 heteroatoms. The second-order valence-electron chi connectivity index (χ2n) is 4.02. The summed E-state index contributed by atoms with van der Waals surface area (Å²) >= 11 is 0. The van der Waals surface area contributed by atoms with E-state index in [4.69, 9.17) is 4.74 Å². The van der Waals surface area contributed by atoms with E-state index in [-0.39, 0.29) is 0 Å². The van der Waals surface area contributed by atoms with E-state index in [0.717, 1.165) is 23.2 Å². The lowest BCUT2D eigenvalue weighted by Crippen LogP contribution is -2.19. The van der Waals surface area contributed by atoms with E-state index in [1.807, 2.05) is 39.0 Å². The van der Waals surface area contributed by atoms with Crippen molar-refractivity contribution >= 4 is 6.29 Å². The molecular weight excluding hydrogens is 176 g/mol. The molecule has 0 bridgehead atoms. The van der Waals surface area contributed by atoms with Crippen LogP contribution in [-0.2, 0) is 10.2 Å². The maximum Gasteiger partial charge on any atom is 0.129 e. The van der Waals surface area contributed by atoms with Gasteiger partial charge >= 0.3 is 0 Å². The normalized spacial score (nSPS) is 11.1. The minimum atomic E-state index is -0.420. The van der Waals surface area contributed by atoms with E-state index in [9.17, 15) is 4.79 Å². The number of carbonyl (C=O) groups is 1. The largest absolute Gasteiger partial charge is 0.497 e. The molecule has 76 valence electrons. The summed E-state index contributed by atoms with van der Waals surface area (Å²) in [7, 11) is 1.64. The van der Waals surface area contributed by atoms with E-state index in [2.05, 4.69) is 0 Å². The number of hydrogen-bond acceptors (Lipinski definition) is 2. The molecule has 1 rings (SSSR count). The Morgan fingerprint density at radius 1 is 1.36 bits per heavy atom. The van der Waals surface area contributed by atoms with Gasteiger partial charge in [0.2, 0.25) is 0 Å². The summed E-state index contributed by atoms with van der Waals surface area (Å²) < 4.78 is 5.11. The molecule has 0 spiro atoms. The minimum absolute atomic E-state index is 0.420. The number of aryl methyl sites for hydroxylation is 1. The van der Waals surface area contributed by atoms with Gasteiger partial charge in [0.15, 0.2) is 0 Å². The Labute approximate surface area is 84.9 Å². The maximum atomic E-state index is 10.9. The smallest absolute Gasteiger partial charge is 0.129 e. The van der Waals surface area contributed by atoms with Crippen LogP contribution in [0.4, 0.5) is 0 Å². The zero-order chi connectivity index (χ0) is 10.8. The third-order valence-electron chi connectivity index (χ3n) is 2.42. The Morgan fingerprint density at radius 2 is 2.00 bits per heavy atom. The van der Waals surface area contributed by atoms with E-state index in [1.54, 1.807) is 7.11 Å². The van der Waals surface area contributed by atoms with Gasteiger partial charge in [-0.3, -0.25) is 0 Å². The van der Waals surface area contributed by atoms with Crippen molar-refractivity contribution in [2.45, 2.75) is 26.2 Å². The average Bonchev–Trinajstić information content (AvgIpc) is 2.17. The molecule has 0 saturated heterocycles. The van der Waals surface area contributed by atoms with Crippen molar-refractivity contribution in [1.29, 1.82) is 0 Å². The molecule has 0 aliphatic carbocycles. The predicted octanol–water partition coefficient (Wildman–Crippen LogP) is 2.48. The number of carbonyl (C=O) groups excluding carboxylic acids is 1. The number of hydrogen-bond donors (Lipinski definition) is 0. The Kier molecular flexibility index (Phi) is 2.94. The lowest BCUT2D eigenvalue weighted by molar-refractivity contribution is -0.111. The fourth-order valence-electron chi connectivity index (χ4n) is 1.55. The van der Waals surface area contributed by atoms with Crippen LogP contribution in [0, 0.1) is 6.92 Å². The zero-order valence-corrected chi connectivity index (χ0v) is 9.13. The lowest BCUT2D eigenvalue weighted by Gasteiger charge is -2.20. The highest BCUT2D eigenvalue weighted by molar-refractivity contribution is 5.68. The molecule has 0 radical (unpaired) electrons. The van der Waals surface area contributed by atoms with Crippen LogP contribution in [-0.4, -0.2) is 13.4 Å². The van der Waals surface area contributed by atoms with Crippen molar-refractivity contribution in [2.75, 3.05) is 7.11 Å². The average molecular weight is 192 g/mol. The second-order valence-corrected chi connectivity index (χ2v) is 4.02. The molecule has 0 unspecified atom stereocenters. The molecule has 0 aliphatic rings. The van der Waals surface area contributed by atoms with E-state index in [0.29, 0.717) is 0 Å². The van der Waals surface area contributed by atoms with Crippen molar-refractivity contribution in [1.82, 2.24) is 0 Å². The Morgan fingerprint density at radius 3 is 2.43 bits per heavy atom. The van der Waals surface area contributed by atoms with E-state index < -0.39 is 5.41 Å². The van der Waals surface area contributed by atoms with Crippen LogP contribution in [0.2, 0.25) is 0 Å². The van der Waals surface area contributed by atoms with Crippen LogP contribution in [0.25, 0.3) is 0 Å². The summed E-state index contributed by atoms with van der Waals surface area (Å²) in [5.74, 6) is 0.827. The van der Waals surface area contributed by atoms with Crippen LogP contribution in [0.15, 0.2) is 18.2 Å². The molecule has 14 heavy (non-hydrogen) atoms. The second kappa shape index (κ2) is 3.82. The fourth-order valence-corrected chi connectivity index (χ4v) is 1.55. The van der Waals surface area contributed by atoms with Crippen LogP contribution in [0.1, 0.15) is 25.0 Å². The van der Waals surface area contributed by atoms with Crippen molar-refractivity contribution in [3.63, 3.8) is 0 Å². The van der Waals surface area contributed by atoms with E-state index >= 15 is 0 Å². The summed E-state index contributed by atoms with van der Waals surface area (Å²) in [4.78, 5) is 10.9. The third-order valence-corrected chi connectivity index (χ3v) is 2.42. The number of aldehydes is 1. The standard InChI is InChI=1S/C12H16O2/c1-9-7-10(14-4)5-6-11(9)12(2,3)8-13/h5-8H,1-4H3. The molecular formula is C12H16O2. The van der Waals surface area contributed by atoms with Crippen LogP contribution in [0.5, 0.6) is 5.75 Å². The summed E-state index contributed by atoms with van der Waals surface area (Å²) in [6.07, 6.45) is 0.974. The van der Waals surface area contributed by atoms with Gasteiger partial charge in [0.25, 0.3) is 0 Å². The van der Waals surface area contributed by atoms with E-state index in [1.165, 1.54) is 0 Å². The molecule has 0 saturated carbocycles. The molecule has 0 aromatic heterocycles. The SMILES string of the molecule is COc1ccc(C(C)(C)C=O)c(C)c1. The Bertz CT molecular complexity index is 340. The molecule has 0 fully saturated rings. The third kappa shape index (κ3) is 1.95. The van der Waals surface area contributed by atoms with Gasteiger partial charge in [-0.25, -0.2) is 0 Å². The molecule has 1 aromatic rings. The number of ether oxygens (including phenoxy) is 1. The van der Waals surface area contributed by atoms with Gasteiger partial charge in [0.1, 0.15) is 12.0 Å². The molecule has 1 aromatic carbocycles. The molecule has 0 N–H and O–H groups in total. The maximum absolute atomic E-state index is 10.9. The first-order chi connectivity index (χ1) is 6.51. The molecule has 2 nitrogen and oxygen atoms in total. The van der Waals surface area contributed by atoms with Gasteiger partial charge in [-0.2, -0.15) is 0 Å². The number of benzene rings is 1. The highest BCUT2D eigenvalue weighted by Crippen LogP contribution is 2.26. The number of rotatable bonds is 3. The summed E-state index contributed by atoms with van der Waals surface area (Å²) in [6.45, 7) is 5.81. The summed E-state index contributed by atoms with van der Waals surface area (Å²) in [5, 5.41) is 0. The molecule has 0 aliphatic heterocycles. The molecule has 0 amide bonds. The topological polar surface area (TPSA) is 26.3 Å². The monoisotopic (exact) mass is 192 g/mol. The van der Waals surface area contributed by atoms with Gasteiger partial charge in [0.05, 0.1) is 7.11 Å². The van der Waals surface area contributed by atoms with Crippen molar-refractivity contribution < 1.29 is 9.53 Å². The Hall–Kier alpha value is -1.31. The van der Waals surface area contributed by atoms with Gasteiger partial charge in [0, 0.05) is 5.41 Å². The summed E-state index contributed by atoms with van der Waals surface area (Å²) in [6, 6.07) is 5.77. The minimum Gasteiger partial charge on any atom is -0.497 e. The molecule has 0 atom stereocenters. The fraction of sp³-hybridized carbons (Fsp3) is 0.417. The quantitative estimate of drug-likeness (QED) is 0.688.